The summed E-state index contributed by atoms with van der Waals surface area (Å²) < 4.78 is 8.80. The fourth-order valence-corrected chi connectivity index (χ4v) is 3.60. The van der Waals surface area contributed by atoms with Crippen LogP contribution in [0.15, 0.2) is 46.4 Å². The van der Waals surface area contributed by atoms with E-state index in [4.69, 9.17) is 4.74 Å². The highest BCUT2D eigenvalue weighted by atomic mass is 79.9. The average Bonchev–Trinajstić information content (AvgIpc) is 2.97. The first-order valence-electron chi connectivity index (χ1n) is 5.64. The third-order valence-electron chi connectivity index (χ3n) is 2.95. The predicted molar refractivity (Wildman–Crippen MR) is 79.6 cm³/mol. The van der Waals surface area contributed by atoms with Crippen molar-refractivity contribution in [3.63, 3.8) is 0 Å². The number of thiophene rings is 1. The molecule has 0 radical (unpaired) electrons. The Morgan fingerprint density at radius 3 is 2.83 bits per heavy atom. The number of benzene rings is 1. The summed E-state index contributed by atoms with van der Waals surface area (Å²) >= 11 is 5.27. The number of rotatable bonds is 3. The smallest absolute Gasteiger partial charge is 0.128 e. The molecule has 1 aromatic carbocycles. The highest BCUT2D eigenvalue weighted by Crippen LogP contribution is 2.28. The molecule has 0 amide bonds. The lowest BCUT2D eigenvalue weighted by molar-refractivity contribution is 0.420. The molecule has 0 fully saturated rings. The molecule has 0 unspecified atom stereocenters. The van der Waals surface area contributed by atoms with E-state index in [1.165, 1.54) is 14.2 Å². The van der Waals surface area contributed by atoms with E-state index in [2.05, 4.69) is 51.0 Å². The Morgan fingerprint density at radius 2 is 2.11 bits per heavy atom. The zero-order valence-corrected chi connectivity index (χ0v) is 12.3. The zero-order valence-electron chi connectivity index (χ0n) is 9.89. The molecule has 0 spiro atoms. The second kappa shape index (κ2) is 4.78. The second-order valence-corrected chi connectivity index (χ2v) is 6.59. The summed E-state index contributed by atoms with van der Waals surface area (Å²) in [6.45, 7) is 0.896. The Bertz CT molecular complexity index is 686. The van der Waals surface area contributed by atoms with Gasteiger partial charge in [-0.05, 0) is 46.3 Å². The summed E-state index contributed by atoms with van der Waals surface area (Å²) in [7, 11) is 1.71. The monoisotopic (exact) mass is 321 g/mol. The molecular formula is C14H12BrNOS. The van der Waals surface area contributed by atoms with Crippen LogP contribution in [0.1, 0.15) is 4.88 Å². The number of methoxy groups -OCH3 is 1. The standard InChI is InChI=1S/C14H12BrNOS/c1-17-13-4-2-3-12-11(13)7-8-16(12)9-10-5-6-14(15)18-10/h2-8H,9H2,1H3. The molecule has 4 heteroatoms. The van der Waals surface area contributed by atoms with Gasteiger partial charge >= 0.3 is 0 Å². The number of aromatic nitrogens is 1. The second-order valence-electron chi connectivity index (χ2n) is 4.04. The minimum Gasteiger partial charge on any atom is -0.496 e. The van der Waals surface area contributed by atoms with Gasteiger partial charge in [-0.15, -0.1) is 11.3 Å². The highest BCUT2D eigenvalue weighted by Gasteiger charge is 2.06. The quantitative estimate of drug-likeness (QED) is 0.691. The van der Waals surface area contributed by atoms with Gasteiger partial charge in [0.05, 0.1) is 23.0 Å². The molecular weight excluding hydrogens is 310 g/mol. The maximum Gasteiger partial charge on any atom is 0.128 e. The average molecular weight is 322 g/mol. The van der Waals surface area contributed by atoms with E-state index in [0.29, 0.717) is 0 Å². The van der Waals surface area contributed by atoms with Crippen molar-refractivity contribution in [2.24, 2.45) is 0 Å². The molecule has 0 saturated carbocycles. The summed E-state index contributed by atoms with van der Waals surface area (Å²) in [5.41, 5.74) is 1.21. The molecule has 3 rings (SSSR count). The van der Waals surface area contributed by atoms with Gasteiger partial charge < -0.3 is 9.30 Å². The molecule has 3 aromatic rings. The summed E-state index contributed by atoms with van der Waals surface area (Å²) in [6.07, 6.45) is 2.11. The zero-order chi connectivity index (χ0) is 12.5. The first-order chi connectivity index (χ1) is 8.78. The van der Waals surface area contributed by atoms with Crippen LogP contribution in [0.3, 0.4) is 0 Å². The van der Waals surface area contributed by atoms with Crippen LogP contribution in [0.25, 0.3) is 10.9 Å². The lowest BCUT2D eigenvalue weighted by Gasteiger charge is -2.05. The van der Waals surface area contributed by atoms with Crippen molar-refractivity contribution in [1.82, 2.24) is 4.57 Å². The van der Waals surface area contributed by atoms with Gasteiger partial charge in [-0.3, -0.25) is 0 Å². The maximum absolute atomic E-state index is 5.38. The molecule has 0 N–H and O–H groups in total. The number of ether oxygens (including phenoxy) is 1. The lowest BCUT2D eigenvalue weighted by Crippen LogP contribution is -1.95. The van der Waals surface area contributed by atoms with Gasteiger partial charge in [0, 0.05) is 16.5 Å². The van der Waals surface area contributed by atoms with E-state index in [-0.39, 0.29) is 0 Å². The third kappa shape index (κ3) is 2.06. The van der Waals surface area contributed by atoms with Crippen LogP contribution >= 0.6 is 27.3 Å². The third-order valence-corrected chi connectivity index (χ3v) is 4.56. The van der Waals surface area contributed by atoms with Crippen LogP contribution < -0.4 is 4.74 Å². The first-order valence-corrected chi connectivity index (χ1v) is 7.25. The summed E-state index contributed by atoms with van der Waals surface area (Å²) in [4.78, 5) is 1.34. The normalized spacial score (nSPS) is 11.0. The predicted octanol–water partition coefficient (Wildman–Crippen LogP) is 4.52. The Labute approximate surface area is 118 Å². The van der Waals surface area contributed by atoms with Crippen molar-refractivity contribution < 1.29 is 4.74 Å². The highest BCUT2D eigenvalue weighted by molar-refractivity contribution is 9.11. The van der Waals surface area contributed by atoms with Crippen molar-refractivity contribution in [1.29, 1.82) is 0 Å². The van der Waals surface area contributed by atoms with Gasteiger partial charge in [0.1, 0.15) is 5.75 Å². The SMILES string of the molecule is COc1cccc2c1ccn2Cc1ccc(Br)s1. The Balaban J connectivity index is 2.02. The Morgan fingerprint density at radius 1 is 1.22 bits per heavy atom. The van der Waals surface area contributed by atoms with Gasteiger partial charge in [-0.1, -0.05) is 6.07 Å². The maximum atomic E-state index is 5.38. The molecule has 0 atom stereocenters. The van der Waals surface area contributed by atoms with Gasteiger partial charge in [-0.25, -0.2) is 0 Å². The van der Waals surface area contributed by atoms with Crippen LogP contribution in [0.5, 0.6) is 5.75 Å². The molecule has 2 nitrogen and oxygen atoms in total. The summed E-state index contributed by atoms with van der Waals surface area (Å²) in [6, 6.07) is 12.5. The number of halogens is 1. The van der Waals surface area contributed by atoms with Crippen molar-refractivity contribution in [2.45, 2.75) is 6.54 Å². The van der Waals surface area contributed by atoms with Gasteiger partial charge in [-0.2, -0.15) is 0 Å². The molecule has 2 heterocycles. The molecule has 0 aliphatic carbocycles. The molecule has 0 saturated heterocycles. The number of hydrogen-bond donors (Lipinski definition) is 0. The minimum atomic E-state index is 0.896. The van der Waals surface area contributed by atoms with Crippen LogP contribution in [-0.2, 0) is 6.54 Å². The Hall–Kier alpha value is -1.26. The van der Waals surface area contributed by atoms with E-state index < -0.39 is 0 Å². The van der Waals surface area contributed by atoms with Crippen molar-refractivity contribution in [3.8, 4) is 5.75 Å². The first kappa shape index (κ1) is 11.8. The Kier molecular flexibility index (Phi) is 3.14. The van der Waals surface area contributed by atoms with E-state index in [9.17, 15) is 0 Å². The molecule has 18 heavy (non-hydrogen) atoms. The van der Waals surface area contributed by atoms with Crippen LogP contribution in [0.4, 0.5) is 0 Å². The molecule has 0 aliphatic rings. The van der Waals surface area contributed by atoms with Crippen LogP contribution in [0, 0.1) is 0 Å². The van der Waals surface area contributed by atoms with Gasteiger partial charge in [0.2, 0.25) is 0 Å². The summed E-state index contributed by atoms with van der Waals surface area (Å²) in [5.74, 6) is 0.929. The fraction of sp³-hybridized carbons (Fsp3) is 0.143. The van der Waals surface area contributed by atoms with Crippen molar-refractivity contribution in [2.75, 3.05) is 7.11 Å². The van der Waals surface area contributed by atoms with Gasteiger partial charge in [0.15, 0.2) is 0 Å². The minimum absolute atomic E-state index is 0.896. The van der Waals surface area contributed by atoms with Crippen LogP contribution in [-0.4, -0.2) is 11.7 Å². The number of hydrogen-bond acceptors (Lipinski definition) is 2. The molecule has 0 aliphatic heterocycles. The van der Waals surface area contributed by atoms with E-state index in [0.717, 1.165) is 17.7 Å². The van der Waals surface area contributed by atoms with Gasteiger partial charge in [0.25, 0.3) is 0 Å². The molecule has 92 valence electrons. The van der Waals surface area contributed by atoms with E-state index in [1.807, 2.05) is 12.1 Å². The lowest BCUT2D eigenvalue weighted by atomic mass is 10.2. The van der Waals surface area contributed by atoms with Crippen molar-refractivity contribution in [3.05, 3.63) is 51.3 Å². The van der Waals surface area contributed by atoms with Crippen LogP contribution in [0.2, 0.25) is 0 Å². The van der Waals surface area contributed by atoms with Crippen molar-refractivity contribution >= 4 is 38.2 Å². The number of fused-ring (bicyclic) bond motifs is 1. The summed E-state index contributed by atoms with van der Waals surface area (Å²) in [5, 5.41) is 1.16. The van der Waals surface area contributed by atoms with E-state index >= 15 is 0 Å². The molecule has 2 aromatic heterocycles. The van der Waals surface area contributed by atoms with E-state index in [1.54, 1.807) is 18.4 Å². The topological polar surface area (TPSA) is 14.2 Å². The number of nitrogens with zero attached hydrogens (tertiary/aromatic N) is 1. The largest absolute Gasteiger partial charge is 0.496 e. The fourth-order valence-electron chi connectivity index (χ4n) is 2.12. The molecule has 0 bridgehead atoms.